The fourth-order valence-corrected chi connectivity index (χ4v) is 2.84. The molecule has 0 fully saturated rings. The first-order valence-corrected chi connectivity index (χ1v) is 7.99. The lowest BCUT2D eigenvalue weighted by Crippen LogP contribution is -2.27. The van der Waals surface area contributed by atoms with E-state index in [1.807, 2.05) is 43.5 Å². The molecule has 0 spiro atoms. The summed E-state index contributed by atoms with van der Waals surface area (Å²) in [6.07, 6.45) is 3.61. The van der Waals surface area contributed by atoms with Crippen LogP contribution >= 0.6 is 0 Å². The molecule has 130 valence electrons. The number of carbonyl (C=O) groups is 1. The molecule has 0 bridgehead atoms. The number of carbonyl (C=O) groups excluding carboxylic acids is 1. The van der Waals surface area contributed by atoms with Crippen LogP contribution in [0.3, 0.4) is 0 Å². The van der Waals surface area contributed by atoms with Crippen LogP contribution in [0.1, 0.15) is 34.6 Å². The van der Waals surface area contributed by atoms with Gasteiger partial charge in [-0.15, -0.1) is 0 Å². The predicted molar refractivity (Wildman–Crippen MR) is 93.9 cm³/mol. The minimum absolute atomic E-state index is 0.174. The van der Waals surface area contributed by atoms with Gasteiger partial charge in [-0.05, 0) is 37.6 Å². The van der Waals surface area contributed by atoms with Crippen molar-refractivity contribution in [3.63, 3.8) is 0 Å². The molecule has 0 saturated carbocycles. The highest BCUT2D eigenvalue weighted by molar-refractivity contribution is 5.97. The second-order valence-electron chi connectivity index (χ2n) is 5.83. The topological polar surface area (TPSA) is 74.0 Å². The first kappa shape index (κ1) is 16.8. The van der Waals surface area contributed by atoms with Crippen molar-refractivity contribution in [1.82, 2.24) is 24.9 Å². The Morgan fingerprint density at radius 3 is 2.80 bits per heavy atom. The van der Waals surface area contributed by atoms with Crippen LogP contribution in [0.2, 0.25) is 0 Å². The van der Waals surface area contributed by atoms with Gasteiger partial charge in [-0.25, -0.2) is 9.36 Å². The van der Waals surface area contributed by atoms with E-state index in [2.05, 4.69) is 15.5 Å². The summed E-state index contributed by atoms with van der Waals surface area (Å²) in [4.78, 5) is 12.7. The smallest absolute Gasteiger partial charge is 0.259 e. The number of amides is 1. The van der Waals surface area contributed by atoms with Gasteiger partial charge < -0.3 is 10.1 Å². The average molecular weight is 339 g/mol. The van der Waals surface area contributed by atoms with Crippen LogP contribution in [-0.2, 0) is 7.05 Å². The molecule has 3 aromatic rings. The molecule has 0 aliphatic rings. The molecule has 2 heterocycles. The number of ether oxygens (including phenoxy) is 1. The number of hydrogen-bond donors (Lipinski definition) is 1. The number of benzene rings is 1. The maximum atomic E-state index is 12.7. The second-order valence-corrected chi connectivity index (χ2v) is 5.83. The average Bonchev–Trinajstić information content (AvgIpc) is 3.22. The molecule has 1 amide bonds. The highest BCUT2D eigenvalue weighted by Crippen LogP contribution is 2.23. The number of aryl methyl sites for hydroxylation is 2. The largest absolute Gasteiger partial charge is 0.481 e. The van der Waals surface area contributed by atoms with E-state index < -0.39 is 0 Å². The molecule has 0 saturated heterocycles. The molecule has 0 radical (unpaired) electrons. The van der Waals surface area contributed by atoms with Gasteiger partial charge in [0.1, 0.15) is 5.56 Å². The van der Waals surface area contributed by atoms with Gasteiger partial charge in [0.05, 0.1) is 24.5 Å². The highest BCUT2D eigenvalue weighted by atomic mass is 16.5. The quantitative estimate of drug-likeness (QED) is 0.775. The lowest BCUT2D eigenvalue weighted by atomic mass is 10.1. The van der Waals surface area contributed by atoms with E-state index in [9.17, 15) is 4.79 Å². The molecule has 1 unspecified atom stereocenters. The van der Waals surface area contributed by atoms with Crippen molar-refractivity contribution in [2.75, 3.05) is 7.11 Å². The van der Waals surface area contributed by atoms with Gasteiger partial charge in [0, 0.05) is 19.4 Å². The van der Waals surface area contributed by atoms with E-state index in [4.69, 9.17) is 4.74 Å². The summed E-state index contributed by atoms with van der Waals surface area (Å²) in [7, 11) is 3.28. The van der Waals surface area contributed by atoms with Gasteiger partial charge >= 0.3 is 0 Å². The maximum Gasteiger partial charge on any atom is 0.259 e. The zero-order valence-electron chi connectivity index (χ0n) is 14.7. The van der Waals surface area contributed by atoms with Gasteiger partial charge in [-0.2, -0.15) is 10.2 Å². The van der Waals surface area contributed by atoms with E-state index in [1.165, 1.54) is 7.11 Å². The maximum absolute atomic E-state index is 12.7. The van der Waals surface area contributed by atoms with Crippen LogP contribution in [0, 0.1) is 6.92 Å². The standard InChI is InChI=1S/C18H21N5O2/c1-12(14-7-5-8-15(11-14)23-10-6-9-19-23)20-17(24)16-13(2)21-22(3)18(16)25-4/h5-12H,1-4H3,(H,20,24). The van der Waals surface area contributed by atoms with E-state index in [0.29, 0.717) is 17.1 Å². The van der Waals surface area contributed by atoms with Crippen molar-refractivity contribution in [1.29, 1.82) is 0 Å². The Hall–Kier alpha value is -3.09. The first-order chi connectivity index (χ1) is 12.0. The summed E-state index contributed by atoms with van der Waals surface area (Å²) in [5.41, 5.74) is 3.02. The van der Waals surface area contributed by atoms with Gasteiger partial charge in [-0.3, -0.25) is 4.79 Å². The minimum atomic E-state index is -0.209. The number of nitrogens with one attached hydrogen (secondary N) is 1. The zero-order valence-corrected chi connectivity index (χ0v) is 14.7. The fraction of sp³-hybridized carbons (Fsp3) is 0.278. The monoisotopic (exact) mass is 339 g/mol. The summed E-state index contributed by atoms with van der Waals surface area (Å²) in [6, 6.07) is 9.60. The van der Waals surface area contributed by atoms with Crippen molar-refractivity contribution >= 4 is 5.91 Å². The summed E-state index contributed by atoms with van der Waals surface area (Å²) in [5.74, 6) is 0.243. The molecule has 7 nitrogen and oxygen atoms in total. The number of hydrogen-bond acceptors (Lipinski definition) is 4. The van der Waals surface area contributed by atoms with E-state index >= 15 is 0 Å². The van der Waals surface area contributed by atoms with E-state index in [-0.39, 0.29) is 11.9 Å². The van der Waals surface area contributed by atoms with Crippen molar-refractivity contribution < 1.29 is 9.53 Å². The van der Waals surface area contributed by atoms with Crippen LogP contribution in [0.4, 0.5) is 0 Å². The summed E-state index contributed by atoms with van der Waals surface area (Å²) in [5, 5.41) is 11.5. The summed E-state index contributed by atoms with van der Waals surface area (Å²) in [6.45, 7) is 3.73. The van der Waals surface area contributed by atoms with Crippen LogP contribution in [0.5, 0.6) is 5.88 Å². The lowest BCUT2D eigenvalue weighted by Gasteiger charge is -2.16. The van der Waals surface area contributed by atoms with Crippen LogP contribution in [-0.4, -0.2) is 32.6 Å². The van der Waals surface area contributed by atoms with Gasteiger partial charge in [-0.1, -0.05) is 12.1 Å². The predicted octanol–water partition coefficient (Wildman–Crippen LogP) is 2.41. The Morgan fingerprint density at radius 1 is 1.32 bits per heavy atom. The molecule has 2 aromatic heterocycles. The van der Waals surface area contributed by atoms with Crippen LogP contribution in [0.25, 0.3) is 5.69 Å². The van der Waals surface area contributed by atoms with E-state index in [1.54, 1.807) is 29.5 Å². The third-order valence-electron chi connectivity index (χ3n) is 4.08. The summed E-state index contributed by atoms with van der Waals surface area (Å²) >= 11 is 0. The third-order valence-corrected chi connectivity index (χ3v) is 4.08. The molecule has 25 heavy (non-hydrogen) atoms. The Bertz CT molecular complexity index is 883. The van der Waals surface area contributed by atoms with Crippen molar-refractivity contribution in [3.8, 4) is 11.6 Å². The number of methoxy groups -OCH3 is 1. The summed E-state index contributed by atoms with van der Waals surface area (Å²) < 4.78 is 8.65. The molecular formula is C18H21N5O2. The molecular weight excluding hydrogens is 318 g/mol. The molecule has 7 heteroatoms. The molecule has 0 aliphatic carbocycles. The third kappa shape index (κ3) is 3.26. The fourth-order valence-electron chi connectivity index (χ4n) is 2.84. The zero-order chi connectivity index (χ0) is 18.0. The van der Waals surface area contributed by atoms with Crippen molar-refractivity contribution in [3.05, 3.63) is 59.5 Å². The Morgan fingerprint density at radius 2 is 2.12 bits per heavy atom. The SMILES string of the molecule is COc1c(C(=O)NC(C)c2cccc(-n3cccn3)c2)c(C)nn1C. The van der Waals surface area contributed by atoms with Gasteiger partial charge in [0.2, 0.25) is 5.88 Å². The Balaban J connectivity index is 1.82. The Kier molecular flexibility index (Phi) is 4.56. The van der Waals surface area contributed by atoms with Crippen LogP contribution < -0.4 is 10.1 Å². The van der Waals surface area contributed by atoms with Crippen molar-refractivity contribution in [2.45, 2.75) is 19.9 Å². The first-order valence-electron chi connectivity index (χ1n) is 7.99. The molecule has 0 aliphatic heterocycles. The second kappa shape index (κ2) is 6.80. The van der Waals surface area contributed by atoms with Crippen LogP contribution in [0.15, 0.2) is 42.7 Å². The minimum Gasteiger partial charge on any atom is -0.481 e. The van der Waals surface area contributed by atoms with E-state index in [0.717, 1.165) is 11.3 Å². The highest BCUT2D eigenvalue weighted by Gasteiger charge is 2.22. The van der Waals surface area contributed by atoms with Gasteiger partial charge in [0.15, 0.2) is 0 Å². The normalized spacial score (nSPS) is 12.0. The number of nitrogens with zero attached hydrogens (tertiary/aromatic N) is 4. The number of aromatic nitrogens is 4. The van der Waals surface area contributed by atoms with Gasteiger partial charge in [0.25, 0.3) is 5.91 Å². The molecule has 1 N–H and O–H groups in total. The number of rotatable bonds is 5. The lowest BCUT2D eigenvalue weighted by molar-refractivity contribution is 0.0936. The van der Waals surface area contributed by atoms with Crippen molar-refractivity contribution in [2.24, 2.45) is 7.05 Å². The molecule has 1 atom stereocenters. The molecule has 3 rings (SSSR count). The Labute approximate surface area is 146 Å². The molecule has 1 aromatic carbocycles.